The molecule has 0 N–H and O–H groups in total. The molecule has 1 unspecified atom stereocenters. The maximum atomic E-state index is 14.2. The zero-order valence-corrected chi connectivity index (χ0v) is 19.1. The number of alkyl halides is 3. The maximum Gasteiger partial charge on any atom is 0.436 e. The van der Waals surface area contributed by atoms with Crippen molar-refractivity contribution in [2.45, 2.75) is 45.1 Å². The molecule has 2 aromatic carbocycles. The molecular weight excluding hydrogens is 468 g/mol. The Morgan fingerprint density at radius 1 is 1.03 bits per heavy atom. The van der Waals surface area contributed by atoms with E-state index in [-0.39, 0.29) is 26.7 Å². The minimum absolute atomic E-state index is 0.0356. The van der Waals surface area contributed by atoms with Gasteiger partial charge in [0, 0.05) is 15.6 Å². The zero-order valence-electron chi connectivity index (χ0n) is 17.6. The van der Waals surface area contributed by atoms with Gasteiger partial charge in [0.1, 0.15) is 5.60 Å². The van der Waals surface area contributed by atoms with E-state index >= 15 is 0 Å². The number of benzene rings is 2. The molecule has 0 saturated heterocycles. The summed E-state index contributed by atoms with van der Waals surface area (Å²) >= 11 is 11.8. The summed E-state index contributed by atoms with van der Waals surface area (Å²) in [6.07, 6.45) is -4.27. The molecule has 2 aromatic rings. The number of hydrogen-bond donors (Lipinski definition) is 0. The summed E-state index contributed by atoms with van der Waals surface area (Å²) < 4.78 is 52.7. The molecule has 170 valence electrons. The van der Waals surface area contributed by atoms with E-state index in [1.165, 1.54) is 24.3 Å². The van der Waals surface area contributed by atoms with Crippen LogP contribution in [-0.2, 0) is 19.9 Å². The fraction of sp³-hybridized carbons (Fsp3) is 0.304. The summed E-state index contributed by atoms with van der Waals surface area (Å²) in [6.45, 7) is 6.74. The van der Waals surface area contributed by atoms with E-state index in [9.17, 15) is 22.8 Å². The highest BCUT2D eigenvalue weighted by molar-refractivity contribution is 6.34. The van der Waals surface area contributed by atoms with Gasteiger partial charge in [-0.15, -0.1) is 0 Å². The molecule has 0 radical (unpaired) electrons. The lowest BCUT2D eigenvalue weighted by molar-refractivity contribution is -0.250. The number of esters is 2. The van der Waals surface area contributed by atoms with Crippen LogP contribution in [0.3, 0.4) is 0 Å². The molecule has 3 rings (SSSR count). The Balaban J connectivity index is 2.09. The van der Waals surface area contributed by atoms with Crippen LogP contribution in [0.2, 0.25) is 10.0 Å². The second kappa shape index (κ2) is 8.12. The summed E-state index contributed by atoms with van der Waals surface area (Å²) in [5.74, 6) is -1.74. The fourth-order valence-electron chi connectivity index (χ4n) is 3.30. The van der Waals surface area contributed by atoms with Crippen molar-refractivity contribution in [1.29, 1.82) is 0 Å². The van der Waals surface area contributed by atoms with Crippen LogP contribution in [0.15, 0.2) is 42.5 Å². The fourth-order valence-corrected chi connectivity index (χ4v) is 3.83. The van der Waals surface area contributed by atoms with E-state index in [0.717, 1.165) is 12.1 Å². The third-order valence-electron chi connectivity index (χ3n) is 4.69. The quantitative estimate of drug-likeness (QED) is 0.455. The first-order chi connectivity index (χ1) is 14.6. The third-order valence-corrected chi connectivity index (χ3v) is 5.13. The summed E-state index contributed by atoms with van der Waals surface area (Å²) in [6, 6.07) is 7.57. The van der Waals surface area contributed by atoms with Crippen molar-refractivity contribution in [2.75, 3.05) is 0 Å². The lowest BCUT2D eigenvalue weighted by Gasteiger charge is -2.29. The van der Waals surface area contributed by atoms with E-state index in [2.05, 4.69) is 0 Å². The number of cyclic esters (lactones) is 1. The van der Waals surface area contributed by atoms with E-state index in [0.29, 0.717) is 11.6 Å². The van der Waals surface area contributed by atoms with Gasteiger partial charge in [0.25, 0.3) is 5.60 Å². The van der Waals surface area contributed by atoms with Crippen molar-refractivity contribution < 1.29 is 32.2 Å². The van der Waals surface area contributed by atoms with E-state index in [1.54, 1.807) is 27.7 Å². The van der Waals surface area contributed by atoms with Crippen LogP contribution in [0.5, 0.6) is 0 Å². The summed E-state index contributed by atoms with van der Waals surface area (Å²) in [4.78, 5) is 24.9. The number of hydrogen-bond acceptors (Lipinski definition) is 4. The molecule has 0 saturated carbocycles. The number of carbonyl (C=O) groups excluding carboxylic acids is 2. The van der Waals surface area contributed by atoms with Gasteiger partial charge in [-0.3, -0.25) is 0 Å². The van der Waals surface area contributed by atoms with Gasteiger partial charge in [0.05, 0.1) is 11.1 Å². The molecule has 0 fully saturated rings. The lowest BCUT2D eigenvalue weighted by Crippen LogP contribution is -2.41. The topological polar surface area (TPSA) is 52.6 Å². The van der Waals surface area contributed by atoms with Gasteiger partial charge in [-0.2, -0.15) is 13.2 Å². The largest absolute Gasteiger partial charge is 0.456 e. The number of halogens is 5. The normalized spacial score (nSPS) is 18.9. The Morgan fingerprint density at radius 3 is 2.12 bits per heavy atom. The average molecular weight is 487 g/mol. The van der Waals surface area contributed by atoms with Crippen molar-refractivity contribution in [1.82, 2.24) is 0 Å². The first-order valence-electron chi connectivity index (χ1n) is 9.47. The molecule has 1 atom stereocenters. The highest BCUT2D eigenvalue weighted by Crippen LogP contribution is 2.50. The third kappa shape index (κ3) is 4.64. The molecule has 0 aromatic heterocycles. The molecule has 0 amide bonds. The molecule has 1 aliphatic rings. The monoisotopic (exact) mass is 486 g/mol. The van der Waals surface area contributed by atoms with Gasteiger partial charge in [-0.1, -0.05) is 35.3 Å². The average Bonchev–Trinajstić information content (AvgIpc) is 2.98. The highest BCUT2D eigenvalue weighted by atomic mass is 35.5. The van der Waals surface area contributed by atoms with E-state index in [1.807, 2.05) is 0 Å². The van der Waals surface area contributed by atoms with Crippen molar-refractivity contribution in [3.63, 3.8) is 0 Å². The Labute approximate surface area is 192 Å². The number of ether oxygens (including phenoxy) is 2. The van der Waals surface area contributed by atoms with Gasteiger partial charge in [-0.25, -0.2) is 9.59 Å². The predicted molar refractivity (Wildman–Crippen MR) is 115 cm³/mol. The van der Waals surface area contributed by atoms with Crippen molar-refractivity contribution in [3.8, 4) is 0 Å². The summed E-state index contributed by atoms with van der Waals surface area (Å²) in [5.41, 5.74) is -3.65. The second-order valence-electron chi connectivity index (χ2n) is 8.37. The molecule has 0 aliphatic carbocycles. The number of rotatable bonds is 3. The lowest BCUT2D eigenvalue weighted by atomic mass is 9.90. The Hall–Kier alpha value is -2.51. The molecular formula is C23H19Cl2F3O4. The Bertz CT molecular complexity index is 1110. The van der Waals surface area contributed by atoms with Crippen LogP contribution in [0.4, 0.5) is 13.2 Å². The van der Waals surface area contributed by atoms with Crippen molar-refractivity contribution in [3.05, 3.63) is 74.8 Å². The van der Waals surface area contributed by atoms with Gasteiger partial charge in [-0.05, 0) is 69.2 Å². The van der Waals surface area contributed by atoms with Gasteiger partial charge >= 0.3 is 18.1 Å². The molecule has 1 heterocycles. The van der Waals surface area contributed by atoms with Crippen LogP contribution in [0.25, 0.3) is 5.57 Å². The summed E-state index contributed by atoms with van der Waals surface area (Å²) in [7, 11) is 0. The minimum Gasteiger partial charge on any atom is -0.456 e. The van der Waals surface area contributed by atoms with Gasteiger partial charge < -0.3 is 9.47 Å². The predicted octanol–water partition coefficient (Wildman–Crippen LogP) is 6.66. The van der Waals surface area contributed by atoms with Crippen molar-refractivity contribution >= 4 is 40.7 Å². The van der Waals surface area contributed by atoms with Crippen LogP contribution < -0.4 is 0 Å². The van der Waals surface area contributed by atoms with Crippen LogP contribution in [0.1, 0.15) is 47.8 Å². The molecule has 1 aliphatic heterocycles. The van der Waals surface area contributed by atoms with E-state index in [4.69, 9.17) is 32.7 Å². The summed E-state index contributed by atoms with van der Waals surface area (Å²) in [5, 5.41) is -0.0711. The first-order valence-corrected chi connectivity index (χ1v) is 10.2. The van der Waals surface area contributed by atoms with Gasteiger partial charge in [0.15, 0.2) is 0 Å². The van der Waals surface area contributed by atoms with E-state index < -0.39 is 34.9 Å². The standard InChI is InChI=1S/C23H19Cl2F3O4/c1-12-7-13(5-6-17(12)19(29)31-21(2,3)4)18-11-22(23(26,27)28,32-20(18)30)14-8-15(24)10-16(25)9-14/h5-11H,1-4H3. The maximum absolute atomic E-state index is 14.2. The minimum atomic E-state index is -4.98. The SMILES string of the molecule is Cc1cc(C2=CC(c3cc(Cl)cc(Cl)c3)(C(F)(F)F)OC2=O)ccc1C(=O)OC(C)(C)C. The smallest absolute Gasteiger partial charge is 0.436 e. The second-order valence-corrected chi connectivity index (χ2v) is 9.24. The molecule has 0 spiro atoms. The zero-order chi connectivity index (χ0) is 24.1. The molecule has 9 heteroatoms. The molecule has 32 heavy (non-hydrogen) atoms. The highest BCUT2D eigenvalue weighted by Gasteiger charge is 2.61. The Kier molecular flexibility index (Phi) is 6.13. The Morgan fingerprint density at radius 2 is 1.62 bits per heavy atom. The number of aryl methyl sites for hydroxylation is 1. The van der Waals surface area contributed by atoms with Crippen LogP contribution >= 0.6 is 23.2 Å². The molecule has 4 nitrogen and oxygen atoms in total. The number of carbonyl (C=O) groups is 2. The van der Waals surface area contributed by atoms with Crippen LogP contribution in [-0.4, -0.2) is 23.7 Å². The van der Waals surface area contributed by atoms with Crippen molar-refractivity contribution in [2.24, 2.45) is 0 Å². The molecule has 0 bridgehead atoms. The van der Waals surface area contributed by atoms with Gasteiger partial charge in [0.2, 0.25) is 0 Å². The first kappa shape index (κ1) is 24.1. The van der Waals surface area contributed by atoms with Crippen LogP contribution in [0, 0.1) is 6.92 Å².